The van der Waals surface area contributed by atoms with Gasteiger partial charge in [-0.25, -0.2) is 4.39 Å². The number of halogens is 1. The fourth-order valence-corrected chi connectivity index (χ4v) is 3.16. The van der Waals surface area contributed by atoms with Gasteiger partial charge in [-0.2, -0.15) is 0 Å². The first-order chi connectivity index (χ1) is 10.2. The average molecular weight is 285 g/mol. The van der Waals surface area contributed by atoms with E-state index in [1.165, 1.54) is 36.6 Å². The van der Waals surface area contributed by atoms with Gasteiger partial charge >= 0.3 is 0 Å². The summed E-state index contributed by atoms with van der Waals surface area (Å²) in [5, 5.41) is 3.28. The second-order valence-corrected chi connectivity index (χ2v) is 5.50. The van der Waals surface area contributed by atoms with Crippen molar-refractivity contribution in [3.8, 4) is 5.75 Å². The number of benzene rings is 2. The molecule has 0 aromatic heterocycles. The van der Waals surface area contributed by atoms with Gasteiger partial charge in [-0.1, -0.05) is 24.3 Å². The zero-order chi connectivity index (χ0) is 14.8. The molecular formula is C18H20FNO. The molecule has 0 aliphatic heterocycles. The molecule has 3 heteroatoms. The molecular weight excluding hydrogens is 265 g/mol. The summed E-state index contributed by atoms with van der Waals surface area (Å²) >= 11 is 0. The Kier molecular flexibility index (Phi) is 3.93. The number of fused-ring (bicyclic) bond motifs is 1. The SMILES string of the molecule is CNC(c1ccc(OC)c(F)c1)c1ccc2c(c1)CCC2. The van der Waals surface area contributed by atoms with Crippen molar-refractivity contribution < 1.29 is 9.13 Å². The number of ether oxygens (including phenoxy) is 1. The maximum atomic E-state index is 13.9. The number of methoxy groups -OCH3 is 1. The Balaban J connectivity index is 1.96. The van der Waals surface area contributed by atoms with Crippen LogP contribution in [0.25, 0.3) is 0 Å². The number of hydrogen-bond acceptors (Lipinski definition) is 2. The third-order valence-corrected chi connectivity index (χ3v) is 4.25. The van der Waals surface area contributed by atoms with E-state index < -0.39 is 0 Å². The first-order valence-corrected chi connectivity index (χ1v) is 7.35. The molecule has 1 atom stereocenters. The van der Waals surface area contributed by atoms with Gasteiger partial charge in [-0.3, -0.25) is 0 Å². The van der Waals surface area contributed by atoms with Crippen LogP contribution in [-0.2, 0) is 12.8 Å². The number of rotatable bonds is 4. The maximum Gasteiger partial charge on any atom is 0.165 e. The van der Waals surface area contributed by atoms with Gasteiger partial charge in [0.05, 0.1) is 13.2 Å². The minimum absolute atomic E-state index is 0.00342. The largest absolute Gasteiger partial charge is 0.494 e. The molecule has 1 N–H and O–H groups in total. The Bertz CT molecular complexity index is 654. The first-order valence-electron chi connectivity index (χ1n) is 7.35. The van der Waals surface area contributed by atoms with Crippen LogP contribution in [0.2, 0.25) is 0 Å². The Morgan fingerprint density at radius 3 is 2.48 bits per heavy atom. The molecule has 1 aliphatic carbocycles. The Hall–Kier alpha value is -1.87. The van der Waals surface area contributed by atoms with Crippen LogP contribution in [0.3, 0.4) is 0 Å². The molecule has 0 bridgehead atoms. The summed E-state index contributed by atoms with van der Waals surface area (Å²) in [6.45, 7) is 0. The number of aryl methyl sites for hydroxylation is 2. The van der Waals surface area contributed by atoms with Crippen LogP contribution in [0.5, 0.6) is 5.75 Å². The van der Waals surface area contributed by atoms with Crippen molar-refractivity contribution in [3.05, 3.63) is 64.5 Å². The number of hydrogen-bond donors (Lipinski definition) is 1. The van der Waals surface area contributed by atoms with Crippen LogP contribution < -0.4 is 10.1 Å². The van der Waals surface area contributed by atoms with Gasteiger partial charge in [-0.15, -0.1) is 0 Å². The molecule has 0 amide bonds. The van der Waals surface area contributed by atoms with E-state index in [0.29, 0.717) is 0 Å². The van der Waals surface area contributed by atoms with E-state index in [-0.39, 0.29) is 17.6 Å². The molecule has 1 aliphatic rings. The van der Waals surface area contributed by atoms with Crippen molar-refractivity contribution in [2.45, 2.75) is 25.3 Å². The minimum atomic E-state index is -0.323. The van der Waals surface area contributed by atoms with Gasteiger partial charge in [0, 0.05) is 0 Å². The summed E-state index contributed by atoms with van der Waals surface area (Å²) in [6, 6.07) is 11.8. The van der Waals surface area contributed by atoms with Gasteiger partial charge in [-0.05, 0) is 60.7 Å². The standard InChI is InChI=1S/C18H20FNO/c1-20-18(15-8-9-17(21-2)16(19)11-15)14-7-6-12-4-3-5-13(12)10-14/h6-11,18,20H,3-5H2,1-2H3. The Morgan fingerprint density at radius 1 is 1.05 bits per heavy atom. The first kappa shape index (κ1) is 14.1. The minimum Gasteiger partial charge on any atom is -0.494 e. The highest BCUT2D eigenvalue weighted by Crippen LogP contribution is 2.30. The summed E-state index contributed by atoms with van der Waals surface area (Å²) in [7, 11) is 3.38. The van der Waals surface area contributed by atoms with Gasteiger partial charge in [0.25, 0.3) is 0 Å². The lowest BCUT2D eigenvalue weighted by atomic mass is 9.95. The lowest BCUT2D eigenvalue weighted by molar-refractivity contribution is 0.386. The van der Waals surface area contributed by atoms with Gasteiger partial charge in [0.1, 0.15) is 0 Å². The highest BCUT2D eigenvalue weighted by atomic mass is 19.1. The van der Waals surface area contributed by atoms with E-state index in [1.807, 2.05) is 13.1 Å². The molecule has 0 spiro atoms. The van der Waals surface area contributed by atoms with Gasteiger partial charge in [0.2, 0.25) is 0 Å². The monoisotopic (exact) mass is 285 g/mol. The van der Waals surface area contributed by atoms with E-state index >= 15 is 0 Å². The lowest BCUT2D eigenvalue weighted by Gasteiger charge is -2.19. The molecule has 0 saturated carbocycles. The summed E-state index contributed by atoms with van der Waals surface area (Å²) in [5.74, 6) is -0.0426. The summed E-state index contributed by atoms with van der Waals surface area (Å²) < 4.78 is 18.9. The third kappa shape index (κ3) is 2.66. The normalized spacial score (nSPS) is 14.8. The Morgan fingerprint density at radius 2 is 1.76 bits per heavy atom. The second kappa shape index (κ2) is 5.86. The molecule has 3 rings (SSSR count). The highest BCUT2D eigenvalue weighted by Gasteiger charge is 2.17. The zero-order valence-corrected chi connectivity index (χ0v) is 12.4. The van der Waals surface area contributed by atoms with Crippen LogP contribution in [0.15, 0.2) is 36.4 Å². The van der Waals surface area contributed by atoms with Crippen LogP contribution >= 0.6 is 0 Å². The Labute approximate surface area is 125 Å². The molecule has 2 nitrogen and oxygen atoms in total. The fraction of sp³-hybridized carbons (Fsp3) is 0.333. The van der Waals surface area contributed by atoms with Crippen molar-refractivity contribution in [1.82, 2.24) is 5.32 Å². The van der Waals surface area contributed by atoms with Crippen molar-refractivity contribution in [2.75, 3.05) is 14.2 Å². The molecule has 0 saturated heterocycles. The number of nitrogens with one attached hydrogen (secondary N) is 1. The van der Waals surface area contributed by atoms with E-state index in [9.17, 15) is 4.39 Å². The van der Waals surface area contributed by atoms with Crippen LogP contribution in [0, 0.1) is 5.82 Å². The van der Waals surface area contributed by atoms with Crippen molar-refractivity contribution >= 4 is 0 Å². The quantitative estimate of drug-likeness (QED) is 0.926. The fourth-order valence-electron chi connectivity index (χ4n) is 3.16. The molecule has 0 fully saturated rings. The summed E-state index contributed by atoms with van der Waals surface area (Å²) in [6.07, 6.45) is 3.56. The molecule has 2 aromatic carbocycles. The molecule has 1 unspecified atom stereocenters. The molecule has 0 radical (unpaired) electrons. The zero-order valence-electron chi connectivity index (χ0n) is 12.4. The summed E-state index contributed by atoms with van der Waals surface area (Å²) in [5.41, 5.74) is 4.98. The predicted octanol–water partition coefficient (Wildman–Crippen LogP) is 3.63. The predicted molar refractivity (Wildman–Crippen MR) is 82.3 cm³/mol. The van der Waals surface area contributed by atoms with E-state index in [2.05, 4.69) is 23.5 Å². The summed E-state index contributed by atoms with van der Waals surface area (Å²) in [4.78, 5) is 0. The van der Waals surface area contributed by atoms with Crippen LogP contribution in [-0.4, -0.2) is 14.2 Å². The van der Waals surface area contributed by atoms with E-state index in [4.69, 9.17) is 4.74 Å². The molecule has 110 valence electrons. The van der Waals surface area contributed by atoms with Crippen LogP contribution in [0.1, 0.15) is 34.7 Å². The van der Waals surface area contributed by atoms with Crippen LogP contribution in [0.4, 0.5) is 4.39 Å². The third-order valence-electron chi connectivity index (χ3n) is 4.25. The van der Waals surface area contributed by atoms with Crippen molar-refractivity contribution in [3.63, 3.8) is 0 Å². The molecule has 21 heavy (non-hydrogen) atoms. The second-order valence-electron chi connectivity index (χ2n) is 5.50. The van der Waals surface area contributed by atoms with E-state index in [1.54, 1.807) is 12.1 Å². The van der Waals surface area contributed by atoms with E-state index in [0.717, 1.165) is 12.0 Å². The average Bonchev–Trinajstić information content (AvgIpc) is 2.96. The van der Waals surface area contributed by atoms with Crippen molar-refractivity contribution in [1.29, 1.82) is 0 Å². The smallest absolute Gasteiger partial charge is 0.165 e. The molecule has 2 aromatic rings. The lowest BCUT2D eigenvalue weighted by Crippen LogP contribution is -2.18. The topological polar surface area (TPSA) is 21.3 Å². The van der Waals surface area contributed by atoms with Gasteiger partial charge in [0.15, 0.2) is 11.6 Å². The maximum absolute atomic E-state index is 13.9. The highest BCUT2D eigenvalue weighted by molar-refractivity contribution is 5.41. The van der Waals surface area contributed by atoms with Crippen molar-refractivity contribution in [2.24, 2.45) is 0 Å². The van der Waals surface area contributed by atoms with Gasteiger partial charge < -0.3 is 10.1 Å². The molecule has 0 heterocycles.